The summed E-state index contributed by atoms with van der Waals surface area (Å²) >= 11 is 1.73. The highest BCUT2D eigenvalue weighted by Crippen LogP contribution is 2.27. The Labute approximate surface area is 123 Å². The molecule has 104 valence electrons. The first-order chi connectivity index (χ1) is 9.90. The van der Waals surface area contributed by atoms with Crippen LogP contribution in [0.25, 0.3) is 10.4 Å². The van der Waals surface area contributed by atoms with Gasteiger partial charge in [0, 0.05) is 55.1 Å². The van der Waals surface area contributed by atoms with Gasteiger partial charge in [0.2, 0.25) is 5.95 Å². The summed E-state index contributed by atoms with van der Waals surface area (Å²) in [6.45, 7) is 4.67. The van der Waals surface area contributed by atoms with Gasteiger partial charge in [-0.1, -0.05) is 6.07 Å². The highest BCUT2D eigenvalue weighted by Gasteiger charge is 2.30. The first kappa shape index (κ1) is 12.3. The average Bonchev–Trinajstić information content (AvgIpc) is 2.88. The van der Waals surface area contributed by atoms with Crippen molar-refractivity contribution in [3.8, 4) is 10.4 Å². The Morgan fingerprint density at radius 1 is 1.05 bits per heavy atom. The molecule has 3 aliphatic rings. The fourth-order valence-electron chi connectivity index (χ4n) is 3.19. The fourth-order valence-corrected chi connectivity index (χ4v) is 3.89. The van der Waals surface area contributed by atoms with Gasteiger partial charge in [0.25, 0.3) is 0 Å². The van der Waals surface area contributed by atoms with Crippen molar-refractivity contribution in [3.05, 3.63) is 29.9 Å². The number of rotatable bonds is 2. The fraction of sp³-hybridized carbons (Fsp3) is 0.467. The maximum absolute atomic E-state index is 4.62. The quantitative estimate of drug-likeness (QED) is 0.849. The molecular weight excluding hydrogens is 268 g/mol. The van der Waals surface area contributed by atoms with Gasteiger partial charge in [0.1, 0.15) is 0 Å². The Morgan fingerprint density at radius 3 is 2.55 bits per heavy atom. The second kappa shape index (κ2) is 5.14. The monoisotopic (exact) mass is 286 g/mol. The molecule has 0 aliphatic carbocycles. The van der Waals surface area contributed by atoms with Crippen molar-refractivity contribution in [1.82, 2.24) is 14.9 Å². The second-order valence-corrected chi connectivity index (χ2v) is 6.46. The number of nitrogens with zero attached hydrogens (tertiary/aromatic N) is 4. The summed E-state index contributed by atoms with van der Waals surface area (Å²) in [5, 5.41) is 2.09. The molecule has 0 aromatic carbocycles. The second-order valence-electron chi connectivity index (χ2n) is 5.52. The minimum atomic E-state index is 0.626. The van der Waals surface area contributed by atoms with Crippen LogP contribution in [0.2, 0.25) is 0 Å². The van der Waals surface area contributed by atoms with E-state index in [1.807, 2.05) is 12.4 Å². The van der Waals surface area contributed by atoms with Gasteiger partial charge in [-0.3, -0.25) is 0 Å². The molecule has 3 fully saturated rings. The van der Waals surface area contributed by atoms with Crippen LogP contribution in [0, 0.1) is 0 Å². The summed E-state index contributed by atoms with van der Waals surface area (Å²) in [5.41, 5.74) is 1.12. The first-order valence-electron chi connectivity index (χ1n) is 7.25. The predicted octanol–water partition coefficient (Wildman–Crippen LogP) is 2.49. The molecule has 3 saturated heterocycles. The molecule has 5 heteroatoms. The molecule has 0 saturated carbocycles. The molecule has 0 spiro atoms. The van der Waals surface area contributed by atoms with Crippen LogP contribution in [0.1, 0.15) is 12.8 Å². The molecule has 2 bridgehead atoms. The normalized spacial score (nSPS) is 25.7. The van der Waals surface area contributed by atoms with E-state index in [4.69, 9.17) is 0 Å². The lowest BCUT2D eigenvalue weighted by molar-refractivity contribution is 0.250. The van der Waals surface area contributed by atoms with Crippen LogP contribution in [0.15, 0.2) is 29.9 Å². The third kappa shape index (κ3) is 2.21. The Balaban J connectivity index is 1.59. The van der Waals surface area contributed by atoms with Gasteiger partial charge in [0.15, 0.2) is 0 Å². The number of piperidine rings is 1. The van der Waals surface area contributed by atoms with Gasteiger partial charge in [-0.05, 0) is 24.3 Å². The van der Waals surface area contributed by atoms with E-state index in [2.05, 4.69) is 37.3 Å². The molecule has 0 atom stereocenters. The molecule has 5 rings (SSSR count). The number of fused-ring (bicyclic) bond motifs is 4. The molecule has 2 aromatic heterocycles. The van der Waals surface area contributed by atoms with Crippen LogP contribution in [0.3, 0.4) is 0 Å². The minimum absolute atomic E-state index is 0.626. The molecule has 2 aromatic rings. The van der Waals surface area contributed by atoms with Gasteiger partial charge in [-0.15, -0.1) is 11.3 Å². The minimum Gasteiger partial charge on any atom is -0.336 e. The van der Waals surface area contributed by atoms with E-state index in [0.29, 0.717) is 6.04 Å². The van der Waals surface area contributed by atoms with E-state index in [-0.39, 0.29) is 0 Å². The number of hydrogen-bond donors (Lipinski definition) is 0. The standard InChI is InChI=1S/C15H18N4S/c1-2-14(20-9-1)12-10-16-15(17-11-12)19-8-7-18-5-3-13(19)4-6-18/h1-2,9-11,13H,3-8H2. The molecule has 4 nitrogen and oxygen atoms in total. The topological polar surface area (TPSA) is 32.3 Å². The lowest BCUT2D eigenvalue weighted by atomic mass is 10.1. The van der Waals surface area contributed by atoms with Gasteiger partial charge < -0.3 is 9.80 Å². The Kier molecular flexibility index (Phi) is 3.16. The summed E-state index contributed by atoms with van der Waals surface area (Å²) in [5.74, 6) is 0.902. The summed E-state index contributed by atoms with van der Waals surface area (Å²) in [6, 6.07) is 4.81. The van der Waals surface area contributed by atoms with Crippen molar-refractivity contribution in [2.75, 3.05) is 31.1 Å². The molecule has 0 unspecified atom stereocenters. The van der Waals surface area contributed by atoms with Gasteiger partial charge in [0.05, 0.1) is 0 Å². The van der Waals surface area contributed by atoms with Crippen LogP contribution in [-0.2, 0) is 0 Å². The highest BCUT2D eigenvalue weighted by molar-refractivity contribution is 7.13. The summed E-state index contributed by atoms with van der Waals surface area (Å²) in [4.78, 5) is 15.4. The predicted molar refractivity (Wildman–Crippen MR) is 82.2 cm³/mol. The molecule has 0 amide bonds. The summed E-state index contributed by atoms with van der Waals surface area (Å²) < 4.78 is 0. The Morgan fingerprint density at radius 2 is 1.85 bits per heavy atom. The zero-order valence-electron chi connectivity index (χ0n) is 11.4. The summed E-state index contributed by atoms with van der Waals surface area (Å²) in [7, 11) is 0. The zero-order chi connectivity index (χ0) is 13.4. The third-order valence-electron chi connectivity index (χ3n) is 4.36. The highest BCUT2D eigenvalue weighted by atomic mass is 32.1. The van der Waals surface area contributed by atoms with Crippen molar-refractivity contribution in [2.24, 2.45) is 0 Å². The van der Waals surface area contributed by atoms with E-state index >= 15 is 0 Å². The zero-order valence-corrected chi connectivity index (χ0v) is 12.2. The van der Waals surface area contributed by atoms with E-state index in [1.165, 1.54) is 30.8 Å². The third-order valence-corrected chi connectivity index (χ3v) is 5.27. The lowest BCUT2D eigenvalue weighted by Gasteiger charge is -2.31. The first-order valence-corrected chi connectivity index (χ1v) is 8.13. The van der Waals surface area contributed by atoms with Crippen molar-refractivity contribution >= 4 is 17.3 Å². The van der Waals surface area contributed by atoms with E-state index < -0.39 is 0 Å². The van der Waals surface area contributed by atoms with E-state index in [1.54, 1.807) is 11.3 Å². The van der Waals surface area contributed by atoms with E-state index in [0.717, 1.165) is 24.6 Å². The number of anilines is 1. The lowest BCUT2D eigenvalue weighted by Crippen LogP contribution is -2.38. The largest absolute Gasteiger partial charge is 0.336 e. The van der Waals surface area contributed by atoms with Crippen molar-refractivity contribution < 1.29 is 0 Å². The molecular formula is C15H18N4S. The molecule has 5 heterocycles. The van der Waals surface area contributed by atoms with Crippen LogP contribution in [0.4, 0.5) is 5.95 Å². The Hall–Kier alpha value is -1.46. The summed E-state index contributed by atoms with van der Waals surface area (Å²) in [6.07, 6.45) is 6.42. The molecule has 0 radical (unpaired) electrons. The van der Waals surface area contributed by atoms with E-state index in [9.17, 15) is 0 Å². The molecule has 3 aliphatic heterocycles. The maximum Gasteiger partial charge on any atom is 0.225 e. The van der Waals surface area contributed by atoms with Crippen molar-refractivity contribution in [1.29, 1.82) is 0 Å². The smallest absolute Gasteiger partial charge is 0.225 e. The Bertz CT molecular complexity index is 558. The number of hydrogen-bond acceptors (Lipinski definition) is 5. The van der Waals surface area contributed by atoms with Crippen molar-refractivity contribution in [3.63, 3.8) is 0 Å². The maximum atomic E-state index is 4.62. The number of aromatic nitrogens is 2. The molecule has 0 N–H and O–H groups in total. The van der Waals surface area contributed by atoms with Crippen LogP contribution < -0.4 is 4.90 Å². The molecule has 20 heavy (non-hydrogen) atoms. The van der Waals surface area contributed by atoms with Crippen LogP contribution >= 0.6 is 11.3 Å². The average molecular weight is 286 g/mol. The van der Waals surface area contributed by atoms with Crippen molar-refractivity contribution in [2.45, 2.75) is 18.9 Å². The van der Waals surface area contributed by atoms with Crippen LogP contribution in [0.5, 0.6) is 0 Å². The van der Waals surface area contributed by atoms with Gasteiger partial charge in [-0.2, -0.15) is 0 Å². The number of thiophene rings is 1. The van der Waals surface area contributed by atoms with Crippen LogP contribution in [-0.4, -0.2) is 47.1 Å². The van der Waals surface area contributed by atoms with Gasteiger partial charge in [-0.25, -0.2) is 9.97 Å². The SMILES string of the molecule is c1csc(-c2cnc(N3CCN4CCC3CC4)nc2)c1. The van der Waals surface area contributed by atoms with Gasteiger partial charge >= 0.3 is 0 Å².